The third-order valence-corrected chi connectivity index (χ3v) is 7.67. The van der Waals surface area contributed by atoms with E-state index in [4.69, 9.17) is 0 Å². The molecule has 0 spiro atoms. The molecule has 2 heterocycles. The first kappa shape index (κ1) is 27.0. The van der Waals surface area contributed by atoms with Crippen LogP contribution >= 0.6 is 0 Å². The summed E-state index contributed by atoms with van der Waals surface area (Å²) in [5.74, 6) is -0.274. The number of fused-ring (bicyclic) bond motifs is 2. The number of rotatable bonds is 16. The molecule has 0 unspecified atom stereocenters. The van der Waals surface area contributed by atoms with E-state index in [0.717, 1.165) is 47.4 Å². The molecule has 0 saturated carbocycles. The molecule has 4 rings (SSSR count). The molecule has 2 aliphatic heterocycles. The van der Waals surface area contributed by atoms with Crippen molar-refractivity contribution in [1.82, 2.24) is 5.32 Å². The third-order valence-electron chi connectivity index (χ3n) is 7.67. The Morgan fingerprint density at radius 3 is 1.70 bits per heavy atom. The van der Waals surface area contributed by atoms with Crippen molar-refractivity contribution in [2.45, 2.75) is 103 Å². The van der Waals surface area contributed by atoms with Crippen LogP contribution in [0, 0.1) is 0 Å². The lowest BCUT2D eigenvalue weighted by Crippen LogP contribution is -2.17. The largest absolute Gasteiger partial charge is 0.321 e. The van der Waals surface area contributed by atoms with E-state index >= 15 is 0 Å². The number of benzene rings is 2. The van der Waals surface area contributed by atoms with Crippen LogP contribution in [0.1, 0.15) is 135 Å². The molecule has 196 valence electrons. The Labute approximate surface area is 222 Å². The lowest BCUT2D eigenvalue weighted by atomic mass is 9.92. The van der Waals surface area contributed by atoms with Crippen LogP contribution in [-0.2, 0) is 0 Å². The summed E-state index contributed by atoms with van der Waals surface area (Å²) in [4.78, 5) is 29.7. The number of carbonyl (C=O) groups is 2. The van der Waals surface area contributed by atoms with E-state index in [1.807, 2.05) is 48.5 Å². The van der Waals surface area contributed by atoms with Gasteiger partial charge < -0.3 is 5.32 Å². The van der Waals surface area contributed by atoms with Gasteiger partial charge in [-0.2, -0.15) is 0 Å². The van der Waals surface area contributed by atoms with Crippen molar-refractivity contribution in [3.8, 4) is 0 Å². The Morgan fingerprint density at radius 1 is 0.622 bits per heavy atom. The average Bonchev–Trinajstić information content (AvgIpc) is 3.43. The van der Waals surface area contributed by atoms with Gasteiger partial charge in [0.2, 0.25) is 0 Å². The third kappa shape index (κ3) is 7.06. The van der Waals surface area contributed by atoms with Gasteiger partial charge in [0.25, 0.3) is 11.8 Å². The van der Waals surface area contributed by atoms with Crippen LogP contribution < -0.4 is 5.32 Å². The molecule has 2 aromatic rings. The molecular formula is C33H42N2O2. The molecule has 4 heteroatoms. The minimum atomic E-state index is -0.192. The Balaban J connectivity index is 1.29. The Morgan fingerprint density at radius 2 is 1.11 bits per heavy atom. The summed E-state index contributed by atoms with van der Waals surface area (Å²) in [7, 11) is 0. The summed E-state index contributed by atoms with van der Waals surface area (Å²) in [6.07, 6.45) is 19.2. The molecule has 0 aliphatic carbocycles. The maximum atomic E-state index is 12.7. The van der Waals surface area contributed by atoms with E-state index in [0.29, 0.717) is 11.1 Å². The SMILES string of the molecule is CCCCCCCCCCCCCCCCC(C1=NC(=O)c2ccccc21)=C1NC(=O)c2ccccc21. The van der Waals surface area contributed by atoms with Gasteiger partial charge in [0.1, 0.15) is 0 Å². The number of nitrogens with zero attached hydrogens (tertiary/aromatic N) is 1. The monoisotopic (exact) mass is 498 g/mol. The second-order valence-electron chi connectivity index (χ2n) is 10.5. The first-order chi connectivity index (χ1) is 18.2. The molecule has 0 radical (unpaired) electrons. The molecule has 1 N–H and O–H groups in total. The zero-order chi connectivity index (χ0) is 25.9. The molecule has 0 bridgehead atoms. The molecule has 37 heavy (non-hydrogen) atoms. The fourth-order valence-electron chi connectivity index (χ4n) is 5.57. The van der Waals surface area contributed by atoms with Gasteiger partial charge >= 0.3 is 0 Å². The van der Waals surface area contributed by atoms with Gasteiger partial charge in [-0.15, -0.1) is 0 Å². The van der Waals surface area contributed by atoms with Crippen LogP contribution in [-0.4, -0.2) is 17.5 Å². The highest BCUT2D eigenvalue weighted by Gasteiger charge is 2.31. The Hall–Kier alpha value is -3.01. The van der Waals surface area contributed by atoms with Crippen LogP contribution in [0.3, 0.4) is 0 Å². The lowest BCUT2D eigenvalue weighted by molar-refractivity contribution is 0.0978. The van der Waals surface area contributed by atoms with Crippen LogP contribution in [0.25, 0.3) is 5.70 Å². The van der Waals surface area contributed by atoms with Gasteiger partial charge in [0.15, 0.2) is 0 Å². The fraction of sp³-hybridized carbons (Fsp3) is 0.485. The molecule has 0 fully saturated rings. The van der Waals surface area contributed by atoms with Gasteiger partial charge in [-0.05, 0) is 25.0 Å². The van der Waals surface area contributed by atoms with Crippen molar-refractivity contribution >= 4 is 23.2 Å². The summed E-state index contributed by atoms with van der Waals surface area (Å²) in [5, 5.41) is 3.09. The van der Waals surface area contributed by atoms with Gasteiger partial charge in [0, 0.05) is 22.3 Å². The fourth-order valence-corrected chi connectivity index (χ4v) is 5.57. The molecule has 0 atom stereocenters. The van der Waals surface area contributed by atoms with Gasteiger partial charge in [-0.1, -0.05) is 127 Å². The van der Waals surface area contributed by atoms with Crippen LogP contribution in [0.15, 0.2) is 59.1 Å². The lowest BCUT2D eigenvalue weighted by Gasteiger charge is -2.14. The zero-order valence-electron chi connectivity index (χ0n) is 22.5. The summed E-state index contributed by atoms with van der Waals surface area (Å²) in [5.41, 5.74) is 5.64. The second-order valence-corrected chi connectivity index (χ2v) is 10.5. The number of allylic oxidation sites excluding steroid dienone is 1. The summed E-state index contributed by atoms with van der Waals surface area (Å²) in [6.45, 7) is 2.27. The van der Waals surface area contributed by atoms with Crippen molar-refractivity contribution in [2.75, 3.05) is 0 Å². The number of amides is 2. The van der Waals surface area contributed by atoms with E-state index in [9.17, 15) is 9.59 Å². The summed E-state index contributed by atoms with van der Waals surface area (Å²) >= 11 is 0. The van der Waals surface area contributed by atoms with Crippen molar-refractivity contribution in [1.29, 1.82) is 0 Å². The minimum Gasteiger partial charge on any atom is -0.321 e. The minimum absolute atomic E-state index is 0.0812. The number of aliphatic imine (C=N–C) groups is 1. The molecule has 0 saturated heterocycles. The molecule has 4 nitrogen and oxygen atoms in total. The van der Waals surface area contributed by atoms with Gasteiger partial charge in [-0.25, -0.2) is 4.99 Å². The molecule has 2 aliphatic rings. The van der Waals surface area contributed by atoms with Gasteiger partial charge in [0.05, 0.1) is 17.0 Å². The Bertz CT molecular complexity index is 1140. The van der Waals surface area contributed by atoms with Crippen molar-refractivity contribution in [2.24, 2.45) is 4.99 Å². The first-order valence-corrected chi connectivity index (χ1v) is 14.6. The van der Waals surface area contributed by atoms with E-state index in [2.05, 4.69) is 17.2 Å². The number of carbonyl (C=O) groups excluding carboxylic acids is 2. The van der Waals surface area contributed by atoms with Crippen LogP contribution in [0.4, 0.5) is 0 Å². The molecular weight excluding hydrogens is 456 g/mol. The summed E-state index contributed by atoms with van der Waals surface area (Å²) in [6, 6.07) is 15.3. The quantitative estimate of drug-likeness (QED) is 0.235. The number of hydrogen-bond acceptors (Lipinski definition) is 2. The molecule has 0 aromatic heterocycles. The highest BCUT2D eigenvalue weighted by molar-refractivity contribution is 6.30. The van der Waals surface area contributed by atoms with E-state index < -0.39 is 0 Å². The van der Waals surface area contributed by atoms with Crippen molar-refractivity contribution < 1.29 is 9.59 Å². The van der Waals surface area contributed by atoms with E-state index in [-0.39, 0.29) is 11.8 Å². The standard InChI is InChI=1S/C33H42N2O2/c1-2-3-4-5-6-7-8-9-10-11-12-13-14-15-24-29(30-25-20-16-18-22-27(25)32(36)34-30)31-26-21-17-19-23-28(26)33(37)35-31/h16-23H,2-15,24H2,1H3,(H,34,36). The number of nitrogens with one attached hydrogen (secondary N) is 1. The van der Waals surface area contributed by atoms with Crippen LogP contribution in [0.2, 0.25) is 0 Å². The maximum Gasteiger partial charge on any atom is 0.278 e. The predicted octanol–water partition coefficient (Wildman–Crippen LogP) is 8.66. The summed E-state index contributed by atoms with van der Waals surface area (Å²) < 4.78 is 0. The number of hydrogen-bond donors (Lipinski definition) is 1. The Kier molecular flexibility index (Phi) is 10.3. The van der Waals surface area contributed by atoms with E-state index in [1.54, 1.807) is 0 Å². The van der Waals surface area contributed by atoms with Crippen LogP contribution in [0.5, 0.6) is 0 Å². The number of unbranched alkanes of at least 4 members (excludes halogenated alkanes) is 13. The van der Waals surface area contributed by atoms with Crippen molar-refractivity contribution in [3.05, 3.63) is 76.4 Å². The second kappa shape index (κ2) is 14.1. The normalized spacial score (nSPS) is 15.4. The first-order valence-electron chi connectivity index (χ1n) is 14.6. The molecule has 2 amide bonds. The predicted molar refractivity (Wildman–Crippen MR) is 153 cm³/mol. The topological polar surface area (TPSA) is 58.5 Å². The highest BCUT2D eigenvalue weighted by atomic mass is 16.2. The van der Waals surface area contributed by atoms with Gasteiger partial charge in [-0.3, -0.25) is 9.59 Å². The zero-order valence-corrected chi connectivity index (χ0v) is 22.5. The van der Waals surface area contributed by atoms with Crippen molar-refractivity contribution in [3.63, 3.8) is 0 Å². The molecule has 2 aromatic carbocycles. The average molecular weight is 499 g/mol. The highest BCUT2D eigenvalue weighted by Crippen LogP contribution is 2.34. The maximum absolute atomic E-state index is 12.7. The smallest absolute Gasteiger partial charge is 0.278 e. The van der Waals surface area contributed by atoms with E-state index in [1.165, 1.54) is 77.0 Å².